The molecule has 6 rings (SSSR count). The SMILES string of the molecule is CCCC1CCC(c2ccc(C3CC(=C(F)F)C3)c(F)c2)CC1.CCCCC1CCC(c2ccc(C3CC(=C(F)F)C3)c(F)c2)CC1. The summed E-state index contributed by atoms with van der Waals surface area (Å²) in [4.78, 5) is 0. The van der Waals surface area contributed by atoms with Gasteiger partial charge in [-0.1, -0.05) is 70.2 Å². The molecule has 0 aliphatic heterocycles. The van der Waals surface area contributed by atoms with Gasteiger partial charge in [0.2, 0.25) is 0 Å². The average molecular weight is 659 g/mol. The van der Waals surface area contributed by atoms with Crippen LogP contribution in [-0.2, 0) is 0 Å². The molecule has 6 heteroatoms. The molecule has 0 amide bonds. The van der Waals surface area contributed by atoms with Gasteiger partial charge in [0.15, 0.2) is 0 Å². The number of halogens is 6. The quantitative estimate of drug-likeness (QED) is 0.235. The van der Waals surface area contributed by atoms with E-state index in [0.717, 1.165) is 48.6 Å². The van der Waals surface area contributed by atoms with E-state index in [0.29, 0.717) is 48.6 Å². The van der Waals surface area contributed by atoms with Crippen LogP contribution in [0.4, 0.5) is 26.3 Å². The summed E-state index contributed by atoms with van der Waals surface area (Å²) in [7, 11) is 0. The molecule has 0 aromatic heterocycles. The Hall–Kier alpha value is -2.50. The third-order valence-electron chi connectivity index (χ3n) is 11.7. The monoisotopic (exact) mass is 658 g/mol. The summed E-state index contributed by atoms with van der Waals surface area (Å²) < 4.78 is 78.7. The van der Waals surface area contributed by atoms with Crippen molar-refractivity contribution < 1.29 is 26.3 Å². The molecule has 4 saturated carbocycles. The second-order valence-corrected chi connectivity index (χ2v) is 14.9. The molecule has 0 bridgehead atoms. The van der Waals surface area contributed by atoms with E-state index in [1.54, 1.807) is 12.1 Å². The summed E-state index contributed by atoms with van der Waals surface area (Å²) in [6.45, 7) is 4.47. The Morgan fingerprint density at radius 3 is 1.28 bits per heavy atom. The van der Waals surface area contributed by atoms with Gasteiger partial charge in [0, 0.05) is 0 Å². The third kappa shape index (κ3) is 9.15. The fraction of sp³-hybridized carbons (Fsp3) is 0.610. The molecule has 2 aromatic carbocycles. The first-order valence-corrected chi connectivity index (χ1v) is 18.3. The summed E-state index contributed by atoms with van der Waals surface area (Å²) in [5.74, 6) is 2.07. The van der Waals surface area contributed by atoms with Crippen LogP contribution in [0, 0.1) is 23.5 Å². The highest BCUT2D eigenvalue weighted by Crippen LogP contribution is 2.47. The van der Waals surface area contributed by atoms with Gasteiger partial charge in [-0.15, -0.1) is 0 Å². The van der Waals surface area contributed by atoms with Gasteiger partial charge in [0.25, 0.3) is 12.2 Å². The van der Waals surface area contributed by atoms with Crippen LogP contribution >= 0.6 is 0 Å². The highest BCUT2D eigenvalue weighted by molar-refractivity contribution is 5.36. The lowest BCUT2D eigenvalue weighted by molar-refractivity contribution is 0.304. The number of rotatable bonds is 9. The highest BCUT2D eigenvalue weighted by atomic mass is 19.3. The van der Waals surface area contributed by atoms with Crippen molar-refractivity contribution in [2.75, 3.05) is 0 Å². The number of allylic oxidation sites excluding steroid dienone is 2. The normalized spacial score (nSPS) is 27.3. The summed E-state index contributed by atoms with van der Waals surface area (Å²) in [6.07, 6.45) is 14.1. The molecule has 0 nitrogen and oxygen atoms in total. The van der Waals surface area contributed by atoms with Gasteiger partial charge in [0.1, 0.15) is 11.6 Å². The van der Waals surface area contributed by atoms with Crippen molar-refractivity contribution >= 4 is 0 Å². The summed E-state index contributed by atoms with van der Waals surface area (Å²) in [5.41, 5.74) is 3.78. The fourth-order valence-electron chi connectivity index (χ4n) is 8.55. The Morgan fingerprint density at radius 2 is 0.936 bits per heavy atom. The van der Waals surface area contributed by atoms with E-state index in [4.69, 9.17) is 0 Å². The molecule has 4 aliphatic rings. The van der Waals surface area contributed by atoms with Gasteiger partial charge in [-0.2, -0.15) is 17.6 Å². The molecular weight excluding hydrogens is 606 g/mol. The molecule has 0 atom stereocenters. The van der Waals surface area contributed by atoms with Crippen LogP contribution in [0.5, 0.6) is 0 Å². The van der Waals surface area contributed by atoms with Crippen LogP contribution in [0.3, 0.4) is 0 Å². The maximum atomic E-state index is 14.4. The van der Waals surface area contributed by atoms with E-state index < -0.39 is 12.2 Å². The smallest absolute Gasteiger partial charge is 0.207 e. The van der Waals surface area contributed by atoms with E-state index in [1.165, 1.54) is 57.8 Å². The molecule has 4 aliphatic carbocycles. The number of unbranched alkanes of at least 4 members (excludes halogenated alkanes) is 1. The standard InChI is InChI=1S/C21H27F3.C20H25F3/c1-2-3-4-14-5-7-15(8-6-14)16-9-10-19(20(22)13-16)17-11-18(12-17)21(23)24;1-2-3-13-4-6-14(7-5-13)15-8-9-18(19(21)12-15)16-10-17(11-16)20(22)23/h9-10,13-15,17H,2-8,11-12H2,1H3;8-9,12-14,16H,2-7,10-11H2,1H3. The van der Waals surface area contributed by atoms with Gasteiger partial charge >= 0.3 is 0 Å². The fourth-order valence-corrected chi connectivity index (χ4v) is 8.55. The molecule has 4 fully saturated rings. The molecule has 0 radical (unpaired) electrons. The van der Waals surface area contributed by atoms with E-state index >= 15 is 0 Å². The summed E-state index contributed by atoms with van der Waals surface area (Å²) in [5, 5.41) is 0. The zero-order valence-electron chi connectivity index (χ0n) is 28.2. The number of hydrogen-bond donors (Lipinski definition) is 0. The highest BCUT2D eigenvalue weighted by Gasteiger charge is 2.32. The van der Waals surface area contributed by atoms with Crippen LogP contribution in [0.1, 0.15) is 169 Å². The Morgan fingerprint density at radius 1 is 0.532 bits per heavy atom. The van der Waals surface area contributed by atoms with E-state index in [2.05, 4.69) is 13.8 Å². The first-order valence-electron chi connectivity index (χ1n) is 18.3. The Labute approximate surface area is 278 Å². The van der Waals surface area contributed by atoms with Gasteiger partial charge < -0.3 is 0 Å². The topological polar surface area (TPSA) is 0 Å². The number of benzene rings is 2. The zero-order valence-corrected chi connectivity index (χ0v) is 28.2. The molecule has 2 aromatic rings. The van der Waals surface area contributed by atoms with Crippen LogP contribution in [0.25, 0.3) is 0 Å². The van der Waals surface area contributed by atoms with Crippen molar-refractivity contribution in [3.63, 3.8) is 0 Å². The molecule has 47 heavy (non-hydrogen) atoms. The third-order valence-corrected chi connectivity index (χ3v) is 11.7. The molecule has 258 valence electrons. The first-order chi connectivity index (χ1) is 22.7. The minimum atomic E-state index is -1.58. The first kappa shape index (κ1) is 35.8. The lowest BCUT2D eigenvalue weighted by atomic mass is 9.74. The van der Waals surface area contributed by atoms with Crippen molar-refractivity contribution in [1.82, 2.24) is 0 Å². The van der Waals surface area contributed by atoms with Gasteiger partial charge in [-0.3, -0.25) is 0 Å². The molecule has 0 unspecified atom stereocenters. The molecule has 0 saturated heterocycles. The summed E-state index contributed by atoms with van der Waals surface area (Å²) in [6, 6.07) is 11.1. The molecule has 0 N–H and O–H groups in total. The second-order valence-electron chi connectivity index (χ2n) is 14.9. The molecular formula is C41H52F6. The predicted molar refractivity (Wildman–Crippen MR) is 179 cm³/mol. The minimum Gasteiger partial charge on any atom is -0.207 e. The average Bonchev–Trinajstić information content (AvgIpc) is 3.01. The maximum Gasteiger partial charge on any atom is 0.269 e. The van der Waals surface area contributed by atoms with E-state index in [1.807, 2.05) is 24.3 Å². The lowest BCUT2D eigenvalue weighted by Gasteiger charge is -2.31. The summed E-state index contributed by atoms with van der Waals surface area (Å²) >= 11 is 0. The maximum absolute atomic E-state index is 14.4. The lowest BCUT2D eigenvalue weighted by Crippen LogP contribution is -2.16. The Kier molecular flexibility index (Phi) is 12.8. The van der Waals surface area contributed by atoms with Crippen LogP contribution in [-0.4, -0.2) is 0 Å². The molecule has 0 heterocycles. The van der Waals surface area contributed by atoms with Crippen molar-refractivity contribution in [3.05, 3.63) is 93.6 Å². The van der Waals surface area contributed by atoms with Crippen LogP contribution in [0.2, 0.25) is 0 Å². The van der Waals surface area contributed by atoms with E-state index in [9.17, 15) is 26.3 Å². The van der Waals surface area contributed by atoms with E-state index in [-0.39, 0.29) is 34.6 Å². The van der Waals surface area contributed by atoms with Crippen molar-refractivity contribution in [2.24, 2.45) is 11.8 Å². The van der Waals surface area contributed by atoms with Gasteiger partial charge in [-0.05, 0) is 158 Å². The molecule has 0 spiro atoms. The van der Waals surface area contributed by atoms with Crippen molar-refractivity contribution in [1.29, 1.82) is 0 Å². The van der Waals surface area contributed by atoms with Crippen molar-refractivity contribution in [3.8, 4) is 0 Å². The predicted octanol–water partition coefficient (Wildman–Crippen LogP) is 14.2. The Balaban J connectivity index is 0.000000185. The number of hydrogen-bond acceptors (Lipinski definition) is 0. The zero-order chi connectivity index (χ0) is 33.5. The second kappa shape index (κ2) is 16.7. The minimum absolute atomic E-state index is 0.0687. The van der Waals surface area contributed by atoms with Gasteiger partial charge in [0.05, 0.1) is 0 Å². The van der Waals surface area contributed by atoms with Crippen LogP contribution < -0.4 is 0 Å². The largest absolute Gasteiger partial charge is 0.269 e. The van der Waals surface area contributed by atoms with Crippen LogP contribution in [0.15, 0.2) is 59.7 Å². The van der Waals surface area contributed by atoms with Gasteiger partial charge in [-0.25, -0.2) is 8.78 Å². The van der Waals surface area contributed by atoms with Crippen molar-refractivity contribution in [2.45, 2.75) is 147 Å². The Bertz CT molecular complexity index is 1370.